The summed E-state index contributed by atoms with van der Waals surface area (Å²) in [6.45, 7) is 2.22. The van der Waals surface area contributed by atoms with E-state index < -0.39 is 4.92 Å². The van der Waals surface area contributed by atoms with Crippen LogP contribution in [0.3, 0.4) is 0 Å². The lowest BCUT2D eigenvalue weighted by atomic mass is 10.2. The maximum atomic E-state index is 11.5. The number of nitrogens with one attached hydrogen (secondary N) is 1. The van der Waals surface area contributed by atoms with Crippen molar-refractivity contribution in [3.63, 3.8) is 0 Å². The maximum Gasteiger partial charge on any atom is 0.324 e. The van der Waals surface area contributed by atoms with Crippen LogP contribution < -0.4 is 5.32 Å². The highest BCUT2D eigenvalue weighted by Gasteiger charge is 2.15. The molecule has 0 bridgehead atoms. The highest BCUT2D eigenvalue weighted by Crippen LogP contribution is 2.22. The average Bonchev–Trinajstić information content (AvgIpc) is 2.73. The van der Waals surface area contributed by atoms with Crippen molar-refractivity contribution < 1.29 is 9.72 Å². The molecule has 0 saturated heterocycles. The van der Waals surface area contributed by atoms with Gasteiger partial charge in [0.1, 0.15) is 0 Å². The molecule has 0 aliphatic rings. The molecule has 0 saturated carbocycles. The largest absolute Gasteiger partial charge is 0.347 e. The molecule has 6 nitrogen and oxygen atoms in total. The second-order valence-corrected chi connectivity index (χ2v) is 4.78. The summed E-state index contributed by atoms with van der Waals surface area (Å²) >= 11 is 1.09. The van der Waals surface area contributed by atoms with Crippen LogP contribution in [0.25, 0.3) is 0 Å². The zero-order valence-electron chi connectivity index (χ0n) is 9.97. The third-order valence-electron chi connectivity index (χ3n) is 2.24. The van der Waals surface area contributed by atoms with Crippen molar-refractivity contribution in [2.24, 2.45) is 0 Å². The van der Waals surface area contributed by atoms with Crippen molar-refractivity contribution in [3.05, 3.63) is 27.1 Å². The minimum Gasteiger partial charge on any atom is -0.347 e. The van der Waals surface area contributed by atoms with Gasteiger partial charge in [0.25, 0.3) is 0 Å². The van der Waals surface area contributed by atoms with Crippen LogP contribution in [-0.4, -0.2) is 35.9 Å². The summed E-state index contributed by atoms with van der Waals surface area (Å²) in [6, 6.07) is 1.22. The molecule has 1 rings (SSSR count). The number of carbonyl (C=O) groups is 1. The van der Waals surface area contributed by atoms with Gasteiger partial charge in [0.2, 0.25) is 5.91 Å². The standard InChI is InChI=1S/C10H15N3O3S/c1-7(10(14)12(2)3)11-5-8-4-9(13(15)16)17-6-8/h4,6-7,11H,5H2,1-3H3. The van der Waals surface area contributed by atoms with Crippen LogP contribution in [0.1, 0.15) is 12.5 Å². The molecule has 0 aromatic carbocycles. The van der Waals surface area contributed by atoms with Crippen molar-refractivity contribution in [2.45, 2.75) is 19.5 Å². The molecule has 0 fully saturated rings. The lowest BCUT2D eigenvalue weighted by Crippen LogP contribution is -2.41. The third-order valence-corrected chi connectivity index (χ3v) is 3.17. The molecule has 0 aliphatic heterocycles. The van der Waals surface area contributed by atoms with Gasteiger partial charge >= 0.3 is 5.00 Å². The number of hydrogen-bond donors (Lipinski definition) is 1. The Balaban J connectivity index is 2.50. The van der Waals surface area contributed by atoms with E-state index in [4.69, 9.17) is 0 Å². The summed E-state index contributed by atoms with van der Waals surface area (Å²) in [5.74, 6) is -0.0188. The van der Waals surface area contributed by atoms with E-state index in [-0.39, 0.29) is 17.0 Å². The van der Waals surface area contributed by atoms with Gasteiger partial charge in [-0.3, -0.25) is 14.9 Å². The molecule has 1 heterocycles. The van der Waals surface area contributed by atoms with Gasteiger partial charge in [-0.25, -0.2) is 0 Å². The van der Waals surface area contributed by atoms with E-state index in [0.717, 1.165) is 16.9 Å². The molecule has 1 atom stereocenters. The molecule has 1 aromatic heterocycles. The molecular weight excluding hydrogens is 242 g/mol. The van der Waals surface area contributed by atoms with E-state index in [1.54, 1.807) is 26.4 Å². The highest BCUT2D eigenvalue weighted by atomic mass is 32.1. The number of carbonyl (C=O) groups excluding carboxylic acids is 1. The van der Waals surface area contributed by atoms with Crippen molar-refractivity contribution in [1.29, 1.82) is 0 Å². The quantitative estimate of drug-likeness (QED) is 0.635. The van der Waals surface area contributed by atoms with Crippen molar-refractivity contribution in [3.8, 4) is 0 Å². The molecule has 94 valence electrons. The summed E-state index contributed by atoms with van der Waals surface area (Å²) < 4.78 is 0. The predicted octanol–water partition coefficient (Wildman–Crippen LogP) is 1.22. The first kappa shape index (κ1) is 13.6. The number of amides is 1. The van der Waals surface area contributed by atoms with Crippen LogP contribution in [0.2, 0.25) is 0 Å². The maximum absolute atomic E-state index is 11.5. The van der Waals surface area contributed by atoms with Gasteiger partial charge in [-0.15, -0.1) is 0 Å². The fraction of sp³-hybridized carbons (Fsp3) is 0.500. The Kier molecular flexibility index (Phi) is 4.59. The SMILES string of the molecule is CC(NCc1csc([N+](=O)[O-])c1)C(=O)N(C)C. The molecule has 1 aromatic rings. The van der Waals surface area contributed by atoms with Crippen LogP contribution in [-0.2, 0) is 11.3 Å². The fourth-order valence-corrected chi connectivity index (χ4v) is 2.03. The van der Waals surface area contributed by atoms with Gasteiger partial charge in [0, 0.05) is 32.1 Å². The Morgan fingerprint density at radius 3 is 2.76 bits per heavy atom. The first-order valence-electron chi connectivity index (χ1n) is 5.08. The average molecular weight is 257 g/mol. The van der Waals surface area contributed by atoms with Crippen LogP contribution >= 0.6 is 11.3 Å². The Morgan fingerprint density at radius 1 is 1.65 bits per heavy atom. The summed E-state index contributed by atoms with van der Waals surface area (Å²) in [4.78, 5) is 23.1. The monoisotopic (exact) mass is 257 g/mol. The van der Waals surface area contributed by atoms with Gasteiger partial charge in [-0.1, -0.05) is 11.3 Å². The van der Waals surface area contributed by atoms with E-state index in [1.165, 1.54) is 11.0 Å². The van der Waals surface area contributed by atoms with Crippen LogP contribution in [0.5, 0.6) is 0 Å². The Labute approximate surface area is 103 Å². The zero-order valence-corrected chi connectivity index (χ0v) is 10.8. The number of hydrogen-bond acceptors (Lipinski definition) is 5. The van der Waals surface area contributed by atoms with E-state index in [0.29, 0.717) is 6.54 Å². The number of rotatable bonds is 5. The molecular formula is C10H15N3O3S. The topological polar surface area (TPSA) is 75.5 Å². The second-order valence-electron chi connectivity index (χ2n) is 3.89. The third kappa shape index (κ3) is 3.79. The molecule has 0 spiro atoms. The predicted molar refractivity (Wildman–Crippen MR) is 66.0 cm³/mol. The molecule has 7 heteroatoms. The molecule has 1 unspecified atom stereocenters. The van der Waals surface area contributed by atoms with Crippen molar-refractivity contribution >= 4 is 22.2 Å². The van der Waals surface area contributed by atoms with E-state index in [1.807, 2.05) is 0 Å². The molecule has 1 N–H and O–H groups in total. The molecule has 0 aliphatic carbocycles. The molecule has 0 radical (unpaired) electrons. The van der Waals surface area contributed by atoms with E-state index in [9.17, 15) is 14.9 Å². The highest BCUT2D eigenvalue weighted by molar-refractivity contribution is 7.13. The number of thiophene rings is 1. The second kappa shape index (κ2) is 5.74. The van der Waals surface area contributed by atoms with Crippen LogP contribution in [0, 0.1) is 10.1 Å². The number of nitrogens with zero attached hydrogens (tertiary/aromatic N) is 2. The van der Waals surface area contributed by atoms with Crippen LogP contribution in [0.4, 0.5) is 5.00 Å². The van der Waals surface area contributed by atoms with Crippen LogP contribution in [0.15, 0.2) is 11.4 Å². The smallest absolute Gasteiger partial charge is 0.324 e. The summed E-state index contributed by atoms with van der Waals surface area (Å²) in [5.41, 5.74) is 0.820. The number of nitro groups is 1. The van der Waals surface area contributed by atoms with Gasteiger partial charge in [-0.2, -0.15) is 0 Å². The number of likely N-dealkylation sites (N-methyl/N-ethyl adjacent to an activating group) is 1. The van der Waals surface area contributed by atoms with Gasteiger partial charge in [-0.05, 0) is 12.5 Å². The zero-order chi connectivity index (χ0) is 13.0. The summed E-state index contributed by atoms with van der Waals surface area (Å²) in [7, 11) is 3.38. The van der Waals surface area contributed by atoms with Crippen molar-refractivity contribution in [2.75, 3.05) is 14.1 Å². The lowest BCUT2D eigenvalue weighted by molar-refractivity contribution is -0.380. The lowest BCUT2D eigenvalue weighted by Gasteiger charge is -2.17. The fourth-order valence-electron chi connectivity index (χ4n) is 1.30. The Bertz CT molecular complexity index is 417. The van der Waals surface area contributed by atoms with Gasteiger partial charge < -0.3 is 10.2 Å². The van der Waals surface area contributed by atoms with E-state index >= 15 is 0 Å². The molecule has 17 heavy (non-hydrogen) atoms. The summed E-state index contributed by atoms with van der Waals surface area (Å²) in [6.07, 6.45) is 0. The minimum absolute atomic E-state index is 0.0188. The first-order chi connectivity index (χ1) is 7.91. The first-order valence-corrected chi connectivity index (χ1v) is 5.96. The Morgan fingerprint density at radius 2 is 2.29 bits per heavy atom. The normalized spacial score (nSPS) is 12.2. The summed E-state index contributed by atoms with van der Waals surface area (Å²) in [5, 5.41) is 15.3. The Hall–Kier alpha value is -1.47. The molecule has 1 amide bonds. The van der Waals surface area contributed by atoms with Crippen molar-refractivity contribution in [1.82, 2.24) is 10.2 Å². The minimum atomic E-state index is -0.414. The van der Waals surface area contributed by atoms with E-state index in [2.05, 4.69) is 5.32 Å². The van der Waals surface area contributed by atoms with Gasteiger partial charge in [0.05, 0.1) is 11.0 Å². The van der Waals surface area contributed by atoms with Gasteiger partial charge in [0.15, 0.2) is 0 Å².